The summed E-state index contributed by atoms with van der Waals surface area (Å²) in [5.41, 5.74) is -0.288. The van der Waals surface area contributed by atoms with Gasteiger partial charge in [-0.3, -0.25) is 14.2 Å². The van der Waals surface area contributed by atoms with Crippen LogP contribution in [0, 0.1) is 5.82 Å². The first-order valence-corrected chi connectivity index (χ1v) is 11.2. The summed E-state index contributed by atoms with van der Waals surface area (Å²) in [6, 6.07) is 13.9. The minimum absolute atomic E-state index is 0.0631. The molecule has 2 heterocycles. The number of aromatic nitrogens is 1. The van der Waals surface area contributed by atoms with E-state index >= 15 is 0 Å². The molecule has 2 N–H and O–H groups in total. The van der Waals surface area contributed by atoms with Crippen LogP contribution in [0.2, 0.25) is 5.02 Å². The summed E-state index contributed by atoms with van der Waals surface area (Å²) in [7, 11) is 1.51. The van der Waals surface area contributed by atoms with Crippen molar-refractivity contribution in [3.63, 3.8) is 0 Å². The van der Waals surface area contributed by atoms with Crippen LogP contribution in [0.5, 0.6) is 0 Å². The number of nitrogens with zero attached hydrogens (tertiary/aromatic N) is 2. The Bertz CT molecular complexity index is 1310. The Labute approximate surface area is 206 Å². The van der Waals surface area contributed by atoms with Crippen LogP contribution in [0.1, 0.15) is 13.3 Å². The van der Waals surface area contributed by atoms with Crippen LogP contribution in [0.4, 0.5) is 20.6 Å². The van der Waals surface area contributed by atoms with Crippen molar-refractivity contribution >= 4 is 34.9 Å². The lowest BCUT2D eigenvalue weighted by Crippen LogP contribution is -2.45. The third kappa shape index (κ3) is 5.36. The molecule has 0 radical (unpaired) electrons. The van der Waals surface area contributed by atoms with E-state index in [0.717, 1.165) is 6.07 Å². The molecule has 1 saturated heterocycles. The normalized spacial score (nSPS) is 19.4. The number of rotatable bonds is 5. The average molecular weight is 499 g/mol. The Kier molecular flexibility index (Phi) is 6.90. The molecule has 35 heavy (non-hydrogen) atoms. The molecular formula is C25H24ClFN4O4. The van der Waals surface area contributed by atoms with Crippen LogP contribution < -0.4 is 16.2 Å². The number of pyridine rings is 1. The monoisotopic (exact) mass is 498 g/mol. The second-order valence-corrected chi connectivity index (χ2v) is 8.94. The average Bonchev–Trinajstić information content (AvgIpc) is 3.21. The molecule has 0 aliphatic carbocycles. The van der Waals surface area contributed by atoms with Crippen molar-refractivity contribution in [2.45, 2.75) is 25.0 Å². The van der Waals surface area contributed by atoms with Crippen molar-refractivity contribution in [3.8, 4) is 5.69 Å². The number of anilines is 2. The summed E-state index contributed by atoms with van der Waals surface area (Å²) in [5.74, 6) is -1.27. The van der Waals surface area contributed by atoms with Crippen LogP contribution in [-0.4, -0.2) is 46.7 Å². The number of carbonyl (C=O) groups is 2. The number of amides is 3. The van der Waals surface area contributed by atoms with E-state index in [-0.39, 0.29) is 24.2 Å². The zero-order valence-electron chi connectivity index (χ0n) is 19.1. The van der Waals surface area contributed by atoms with E-state index in [1.54, 1.807) is 43.3 Å². The van der Waals surface area contributed by atoms with Crippen LogP contribution in [0.25, 0.3) is 5.69 Å². The van der Waals surface area contributed by atoms with E-state index in [1.165, 1.54) is 41.0 Å². The molecule has 1 fully saturated rings. The number of ether oxygens (including phenoxy) is 1. The van der Waals surface area contributed by atoms with Crippen LogP contribution in [0.3, 0.4) is 0 Å². The lowest BCUT2D eigenvalue weighted by Gasteiger charge is -2.25. The first-order valence-electron chi connectivity index (χ1n) is 10.9. The smallest absolute Gasteiger partial charge is 0.322 e. The highest BCUT2D eigenvalue weighted by molar-refractivity contribution is 6.30. The molecule has 1 aliphatic rings. The van der Waals surface area contributed by atoms with Gasteiger partial charge in [-0.2, -0.15) is 0 Å². The number of carbonyl (C=O) groups excluding carboxylic acids is 2. The third-order valence-corrected chi connectivity index (χ3v) is 6.22. The second-order valence-electron chi connectivity index (χ2n) is 8.50. The van der Waals surface area contributed by atoms with Gasteiger partial charge in [0.25, 0.3) is 5.56 Å². The Morgan fingerprint density at radius 3 is 2.51 bits per heavy atom. The Morgan fingerprint density at radius 2 is 1.86 bits per heavy atom. The first kappa shape index (κ1) is 24.4. The summed E-state index contributed by atoms with van der Waals surface area (Å²) in [6.45, 7) is 1.97. The SMILES string of the molecule is CO[C@]1(C)C[C@H](C(=O)Nc2ccc(-n3ccccc3=O)cc2F)N(C(=O)Nc2ccc(Cl)cc2)C1. The van der Waals surface area contributed by atoms with Crippen LogP contribution in [-0.2, 0) is 9.53 Å². The Balaban J connectivity index is 1.53. The van der Waals surface area contributed by atoms with Crippen molar-refractivity contribution in [2.24, 2.45) is 0 Å². The van der Waals surface area contributed by atoms with Gasteiger partial charge < -0.3 is 20.3 Å². The number of likely N-dealkylation sites (tertiary alicyclic amines) is 1. The van der Waals surface area contributed by atoms with Crippen LogP contribution in [0.15, 0.2) is 71.7 Å². The van der Waals surface area contributed by atoms with Gasteiger partial charge >= 0.3 is 6.03 Å². The summed E-state index contributed by atoms with van der Waals surface area (Å²) < 4.78 is 21.7. The molecule has 1 aliphatic heterocycles. The lowest BCUT2D eigenvalue weighted by atomic mass is 10.0. The van der Waals surface area contributed by atoms with E-state index in [2.05, 4.69) is 10.6 Å². The summed E-state index contributed by atoms with van der Waals surface area (Å²) in [4.78, 5) is 39.6. The molecule has 0 saturated carbocycles. The number of methoxy groups -OCH3 is 1. The zero-order valence-corrected chi connectivity index (χ0v) is 19.9. The molecule has 4 rings (SSSR count). The number of urea groups is 1. The summed E-state index contributed by atoms with van der Waals surface area (Å²) >= 11 is 5.90. The molecule has 2 atom stereocenters. The molecule has 0 bridgehead atoms. The van der Waals surface area contributed by atoms with Gasteiger partial charge in [0, 0.05) is 42.6 Å². The fourth-order valence-electron chi connectivity index (χ4n) is 3.99. The fraction of sp³-hybridized carbons (Fsp3) is 0.240. The topological polar surface area (TPSA) is 92.7 Å². The van der Waals surface area contributed by atoms with E-state index in [0.29, 0.717) is 16.4 Å². The van der Waals surface area contributed by atoms with Gasteiger partial charge in [-0.1, -0.05) is 17.7 Å². The molecule has 2 aromatic carbocycles. The van der Waals surface area contributed by atoms with Gasteiger partial charge in [-0.25, -0.2) is 9.18 Å². The number of halogens is 2. The fourth-order valence-corrected chi connectivity index (χ4v) is 4.12. The van der Waals surface area contributed by atoms with Crippen molar-refractivity contribution in [1.82, 2.24) is 9.47 Å². The summed E-state index contributed by atoms with van der Waals surface area (Å²) in [6.07, 6.45) is 1.75. The van der Waals surface area contributed by atoms with Crippen molar-refractivity contribution in [3.05, 3.63) is 88.1 Å². The molecule has 0 spiro atoms. The number of hydrogen-bond acceptors (Lipinski definition) is 4. The highest BCUT2D eigenvalue weighted by Crippen LogP contribution is 2.31. The van der Waals surface area contributed by atoms with Crippen molar-refractivity contribution in [2.75, 3.05) is 24.3 Å². The molecule has 182 valence electrons. The number of nitrogens with one attached hydrogen (secondary N) is 2. The molecule has 3 aromatic rings. The quantitative estimate of drug-likeness (QED) is 0.549. The van der Waals surface area contributed by atoms with Gasteiger partial charge in [0.1, 0.15) is 11.9 Å². The van der Waals surface area contributed by atoms with Crippen molar-refractivity contribution < 1.29 is 18.7 Å². The van der Waals surface area contributed by atoms with Gasteiger partial charge in [0.2, 0.25) is 5.91 Å². The van der Waals surface area contributed by atoms with Gasteiger partial charge in [-0.05, 0) is 49.4 Å². The third-order valence-electron chi connectivity index (χ3n) is 5.97. The zero-order chi connectivity index (χ0) is 25.2. The first-order chi connectivity index (χ1) is 16.7. The molecule has 0 unspecified atom stereocenters. The van der Waals surface area contributed by atoms with Crippen LogP contribution >= 0.6 is 11.6 Å². The van der Waals surface area contributed by atoms with E-state index < -0.39 is 29.4 Å². The van der Waals surface area contributed by atoms with Crippen molar-refractivity contribution in [1.29, 1.82) is 0 Å². The molecule has 8 nitrogen and oxygen atoms in total. The standard InChI is InChI=1S/C25H24ClFN4O4/c1-25(35-2)14-21(31(15-25)24(34)28-17-8-6-16(26)7-9-17)23(33)29-20-11-10-18(13-19(20)27)30-12-4-3-5-22(30)32/h3-13,21H,14-15H2,1-2H3,(H,28,34)(H,29,33)/t21-,25-/m1/s1. The Hall–Kier alpha value is -3.69. The highest BCUT2D eigenvalue weighted by atomic mass is 35.5. The maximum Gasteiger partial charge on any atom is 0.322 e. The molecular weight excluding hydrogens is 475 g/mol. The maximum absolute atomic E-state index is 14.9. The largest absolute Gasteiger partial charge is 0.377 e. The molecule has 3 amide bonds. The van der Waals surface area contributed by atoms with E-state index in [4.69, 9.17) is 16.3 Å². The van der Waals surface area contributed by atoms with Gasteiger partial charge in [-0.15, -0.1) is 0 Å². The maximum atomic E-state index is 14.9. The van der Waals surface area contributed by atoms with E-state index in [9.17, 15) is 18.8 Å². The predicted molar refractivity (Wildman–Crippen MR) is 132 cm³/mol. The lowest BCUT2D eigenvalue weighted by molar-refractivity contribution is -0.119. The minimum atomic E-state index is -0.900. The molecule has 1 aromatic heterocycles. The molecule has 10 heteroatoms. The van der Waals surface area contributed by atoms with Gasteiger partial charge in [0.15, 0.2) is 0 Å². The number of benzene rings is 2. The minimum Gasteiger partial charge on any atom is -0.377 e. The summed E-state index contributed by atoms with van der Waals surface area (Å²) in [5, 5.41) is 5.84. The second kappa shape index (κ2) is 9.89. The van der Waals surface area contributed by atoms with E-state index in [1.807, 2.05) is 0 Å². The Morgan fingerprint density at radius 1 is 1.11 bits per heavy atom. The highest BCUT2D eigenvalue weighted by Gasteiger charge is 2.46. The number of hydrogen-bond donors (Lipinski definition) is 2. The predicted octanol–water partition coefficient (Wildman–Crippen LogP) is 4.28. The van der Waals surface area contributed by atoms with Gasteiger partial charge in [0.05, 0.1) is 23.5 Å².